The molecule has 2 fully saturated rings. The summed E-state index contributed by atoms with van der Waals surface area (Å²) in [6.07, 6.45) is 6.85. The predicted molar refractivity (Wildman–Crippen MR) is 128 cm³/mol. The van der Waals surface area contributed by atoms with Crippen LogP contribution >= 0.6 is 0 Å². The molecule has 0 bridgehead atoms. The number of rotatable bonds is 7. The number of aliphatic carboxylic acids is 1. The molecule has 1 aliphatic carbocycles. The fourth-order valence-corrected chi connectivity index (χ4v) is 5.17. The average Bonchev–Trinajstić information content (AvgIpc) is 3.39. The van der Waals surface area contributed by atoms with E-state index in [0.717, 1.165) is 32.1 Å². The molecule has 5 N–H and O–H groups in total. The molecule has 1 saturated carbocycles. The number of carbonyl (C=O) groups is 3. The molecule has 0 aromatic rings. The number of hydrazine groups is 2. The summed E-state index contributed by atoms with van der Waals surface area (Å²) < 4.78 is 5.40. The summed E-state index contributed by atoms with van der Waals surface area (Å²) in [6.45, 7) is 8.66. The van der Waals surface area contributed by atoms with Crippen LogP contribution in [0, 0.1) is 5.92 Å². The Bertz CT molecular complexity index is 827. The van der Waals surface area contributed by atoms with Crippen molar-refractivity contribution in [2.24, 2.45) is 5.92 Å². The van der Waals surface area contributed by atoms with Gasteiger partial charge in [-0.2, -0.15) is 0 Å². The van der Waals surface area contributed by atoms with E-state index in [1.807, 2.05) is 0 Å². The van der Waals surface area contributed by atoms with Gasteiger partial charge in [-0.15, -0.1) is 5.53 Å². The van der Waals surface area contributed by atoms with E-state index >= 15 is 0 Å². The van der Waals surface area contributed by atoms with Gasteiger partial charge in [0, 0.05) is 19.2 Å². The molecule has 1 saturated heterocycles. The van der Waals surface area contributed by atoms with E-state index in [0.29, 0.717) is 12.1 Å². The SMILES string of the molecule is CC(C)(C)OC(=O)N[C@H](CC1CCCCC1)C(=O)N1C[C@@H](N2NNC=C2C(C)(C)O)C[C@H]1C(=O)O. The number of alkyl carbamates (subject to hydrolysis) is 1. The molecule has 11 heteroatoms. The lowest BCUT2D eigenvalue weighted by Crippen LogP contribution is -2.54. The summed E-state index contributed by atoms with van der Waals surface area (Å²) in [5, 5.41) is 24.9. The van der Waals surface area contributed by atoms with E-state index in [1.54, 1.807) is 45.8 Å². The van der Waals surface area contributed by atoms with E-state index in [1.165, 1.54) is 4.90 Å². The summed E-state index contributed by atoms with van der Waals surface area (Å²) in [5.74, 6) is -1.24. The van der Waals surface area contributed by atoms with Crippen molar-refractivity contribution in [1.82, 2.24) is 26.2 Å². The first-order valence-electron chi connectivity index (χ1n) is 12.5. The first-order chi connectivity index (χ1) is 16.3. The zero-order valence-corrected chi connectivity index (χ0v) is 21.5. The number of carbonyl (C=O) groups excluding carboxylic acids is 2. The van der Waals surface area contributed by atoms with Crippen molar-refractivity contribution in [1.29, 1.82) is 0 Å². The molecule has 0 radical (unpaired) electrons. The minimum Gasteiger partial charge on any atom is -0.480 e. The molecule has 3 aliphatic rings. The highest BCUT2D eigenvalue weighted by atomic mass is 16.6. The van der Waals surface area contributed by atoms with Gasteiger partial charge in [0.25, 0.3) is 0 Å². The summed E-state index contributed by atoms with van der Waals surface area (Å²) in [7, 11) is 0. The largest absolute Gasteiger partial charge is 0.480 e. The van der Waals surface area contributed by atoms with Crippen LogP contribution in [0.2, 0.25) is 0 Å². The van der Waals surface area contributed by atoms with E-state index < -0.39 is 41.3 Å². The Morgan fingerprint density at radius 3 is 2.40 bits per heavy atom. The molecule has 2 heterocycles. The molecule has 0 spiro atoms. The van der Waals surface area contributed by atoms with E-state index in [2.05, 4.69) is 16.3 Å². The van der Waals surface area contributed by atoms with Crippen molar-refractivity contribution in [3.8, 4) is 0 Å². The number of hydrogen-bond donors (Lipinski definition) is 5. The number of carboxylic acids is 1. The molecule has 2 amide bonds. The molecule has 0 unspecified atom stereocenters. The van der Waals surface area contributed by atoms with Crippen molar-refractivity contribution in [3.05, 3.63) is 11.9 Å². The van der Waals surface area contributed by atoms with Crippen LogP contribution in [0.4, 0.5) is 4.79 Å². The van der Waals surface area contributed by atoms with Gasteiger partial charge in [0.2, 0.25) is 5.91 Å². The number of likely N-dealkylation sites (tertiary alicyclic amines) is 1. The smallest absolute Gasteiger partial charge is 0.408 e. The van der Waals surface area contributed by atoms with Gasteiger partial charge in [-0.05, 0) is 47.0 Å². The van der Waals surface area contributed by atoms with Gasteiger partial charge < -0.3 is 30.6 Å². The maximum Gasteiger partial charge on any atom is 0.408 e. The summed E-state index contributed by atoms with van der Waals surface area (Å²) >= 11 is 0. The molecule has 198 valence electrons. The van der Waals surface area contributed by atoms with Crippen molar-refractivity contribution < 1.29 is 29.3 Å². The Balaban J connectivity index is 1.80. The summed E-state index contributed by atoms with van der Waals surface area (Å²) in [5.41, 5.74) is 4.44. The highest BCUT2D eigenvalue weighted by molar-refractivity contribution is 5.90. The fourth-order valence-electron chi connectivity index (χ4n) is 5.17. The predicted octanol–water partition coefficient (Wildman–Crippen LogP) is 1.84. The Morgan fingerprint density at radius 2 is 1.83 bits per heavy atom. The molecular weight excluding hydrogens is 454 g/mol. The van der Waals surface area contributed by atoms with Crippen LogP contribution < -0.4 is 16.3 Å². The van der Waals surface area contributed by atoms with Crippen molar-refractivity contribution >= 4 is 18.0 Å². The Morgan fingerprint density at radius 1 is 1.17 bits per heavy atom. The highest BCUT2D eigenvalue weighted by Gasteiger charge is 2.46. The minimum atomic E-state index is -1.17. The first kappa shape index (κ1) is 27.1. The van der Waals surface area contributed by atoms with Crippen LogP contribution in [0.25, 0.3) is 0 Å². The number of nitrogens with one attached hydrogen (secondary N) is 3. The van der Waals surface area contributed by atoms with Gasteiger partial charge >= 0.3 is 12.1 Å². The number of amides is 2. The monoisotopic (exact) mass is 495 g/mol. The van der Waals surface area contributed by atoms with Crippen LogP contribution in [0.1, 0.15) is 79.6 Å². The van der Waals surface area contributed by atoms with Gasteiger partial charge in [0.1, 0.15) is 23.3 Å². The molecule has 11 nitrogen and oxygen atoms in total. The number of nitrogens with zero attached hydrogens (tertiary/aromatic N) is 2. The maximum absolute atomic E-state index is 13.7. The normalized spacial score (nSPS) is 24.6. The van der Waals surface area contributed by atoms with Crippen molar-refractivity contribution in [3.63, 3.8) is 0 Å². The molecule has 3 atom stereocenters. The summed E-state index contributed by atoms with van der Waals surface area (Å²) in [6, 6.07) is -2.31. The van der Waals surface area contributed by atoms with Crippen LogP contribution in [0.3, 0.4) is 0 Å². The zero-order chi connectivity index (χ0) is 26.0. The van der Waals surface area contributed by atoms with E-state index in [4.69, 9.17) is 4.74 Å². The molecule has 0 aromatic heterocycles. The van der Waals surface area contributed by atoms with Crippen LogP contribution in [-0.2, 0) is 14.3 Å². The number of hydrogen-bond acceptors (Lipinski definition) is 8. The Kier molecular flexibility index (Phi) is 8.21. The summed E-state index contributed by atoms with van der Waals surface area (Å²) in [4.78, 5) is 39.8. The number of ether oxygens (including phenoxy) is 1. The van der Waals surface area contributed by atoms with Crippen LogP contribution in [0.15, 0.2) is 11.9 Å². The van der Waals surface area contributed by atoms with Gasteiger partial charge in [-0.25, -0.2) is 9.59 Å². The lowest BCUT2D eigenvalue weighted by molar-refractivity contribution is -0.149. The minimum absolute atomic E-state index is 0.134. The molecule has 35 heavy (non-hydrogen) atoms. The van der Waals surface area contributed by atoms with Gasteiger partial charge in [-0.3, -0.25) is 9.80 Å². The Hall–Kier alpha value is -2.53. The second-order valence-corrected chi connectivity index (χ2v) is 11.4. The third kappa shape index (κ3) is 7.00. The second-order valence-electron chi connectivity index (χ2n) is 11.4. The number of aliphatic hydroxyl groups is 1. The highest BCUT2D eigenvalue weighted by Crippen LogP contribution is 2.32. The van der Waals surface area contributed by atoms with Crippen LogP contribution in [-0.4, -0.2) is 74.0 Å². The van der Waals surface area contributed by atoms with Gasteiger partial charge in [-0.1, -0.05) is 32.1 Å². The third-order valence-electron chi connectivity index (χ3n) is 6.78. The van der Waals surface area contributed by atoms with Crippen molar-refractivity contribution in [2.75, 3.05) is 6.54 Å². The average molecular weight is 496 g/mol. The van der Waals surface area contributed by atoms with Gasteiger partial charge in [0.15, 0.2) is 0 Å². The fraction of sp³-hybridized carbons (Fsp3) is 0.792. The topological polar surface area (TPSA) is 143 Å². The van der Waals surface area contributed by atoms with E-state index in [-0.39, 0.29) is 24.9 Å². The maximum atomic E-state index is 13.7. The Labute approximate surface area is 207 Å². The van der Waals surface area contributed by atoms with E-state index in [9.17, 15) is 24.6 Å². The standard InChI is InChI=1S/C24H41N5O6/c1-23(2,3)35-22(33)26-17(11-15-9-7-6-8-10-15)20(30)28-14-16(12-18(28)21(31)32)29-19(13-25-27-29)24(4,5)34/h13,15-18,25,27,34H,6-12,14H2,1-5H3,(H,26,33)(H,31,32)/t16-,17+,18-/m0/s1. The van der Waals surface area contributed by atoms with Crippen LogP contribution in [0.5, 0.6) is 0 Å². The molecule has 3 rings (SSSR count). The first-order valence-corrected chi connectivity index (χ1v) is 12.5. The number of carboxylic acid groups (broad SMARTS) is 1. The lowest BCUT2D eigenvalue weighted by Gasteiger charge is -2.34. The van der Waals surface area contributed by atoms with Crippen molar-refractivity contribution in [2.45, 2.75) is 109 Å². The molecular formula is C24H41N5O6. The quantitative estimate of drug-likeness (QED) is 0.357. The third-order valence-corrected chi connectivity index (χ3v) is 6.78. The second kappa shape index (κ2) is 10.6. The molecule has 0 aromatic carbocycles. The zero-order valence-electron chi connectivity index (χ0n) is 21.5. The lowest BCUT2D eigenvalue weighted by atomic mass is 9.84. The molecule has 2 aliphatic heterocycles. The van der Waals surface area contributed by atoms with Gasteiger partial charge in [0.05, 0.1) is 11.7 Å².